The maximum Gasteiger partial charge on any atom is 0.974 e. The molecule has 2 N–H and O–H groups in total. The fraction of sp³-hybridized carbons (Fsp3) is 0. The van der Waals surface area contributed by atoms with Crippen LogP contribution >= 0.6 is 7.75 Å². The van der Waals surface area contributed by atoms with Crippen molar-refractivity contribution in [2.45, 2.75) is 0 Å². The Morgan fingerprint density at radius 2 is 1.27 bits per heavy atom. The lowest BCUT2D eigenvalue weighted by atomic mass is 10.9. The van der Waals surface area contributed by atoms with Gasteiger partial charge in [-0.25, -0.2) is 0 Å². The molecule has 0 unspecified atom stereocenters. The Labute approximate surface area is 84.0 Å². The zero-order valence-corrected chi connectivity index (χ0v) is 8.24. The van der Waals surface area contributed by atoms with Crippen LogP contribution in [0.2, 0.25) is 0 Å². The van der Waals surface area contributed by atoms with Gasteiger partial charge in [-0.15, -0.1) is 30.0 Å². The highest BCUT2D eigenvalue weighted by Crippen LogP contribution is 2.50. The maximum absolute atomic E-state index is 11.5. The van der Waals surface area contributed by atoms with Crippen LogP contribution in [0.1, 0.15) is 0 Å². The SMILES string of the molecule is NP(=O)([O+]=C1N=CC=N1)[O+]=C1N=CC=N1. The molecule has 0 atom stereocenters. The molecule has 0 aromatic heterocycles. The van der Waals surface area contributed by atoms with E-state index < -0.39 is 7.75 Å². The third-order valence-corrected chi connectivity index (χ3v) is 2.13. The van der Waals surface area contributed by atoms with Crippen LogP contribution in [-0.2, 0) is 4.57 Å². The van der Waals surface area contributed by atoms with Crippen molar-refractivity contribution in [1.82, 2.24) is 0 Å². The highest BCUT2D eigenvalue weighted by molar-refractivity contribution is 7.48. The first kappa shape index (κ1) is 9.75. The lowest BCUT2D eigenvalue weighted by Crippen LogP contribution is -1.90. The average Bonchev–Trinajstić information content (AvgIpc) is 2.75. The van der Waals surface area contributed by atoms with Crippen LogP contribution in [0.4, 0.5) is 8.42 Å². The van der Waals surface area contributed by atoms with Crippen LogP contribution < -0.4 is 5.50 Å². The van der Waals surface area contributed by atoms with Crippen LogP contribution in [0.3, 0.4) is 0 Å². The number of aliphatic imine (C=N–C) groups is 4. The largest absolute Gasteiger partial charge is 0.974 e. The van der Waals surface area contributed by atoms with Crippen molar-refractivity contribution >= 4 is 44.7 Å². The number of carbonyl (C=O) groups excluding carboxylic acids is 2. The van der Waals surface area contributed by atoms with E-state index in [1.807, 2.05) is 0 Å². The van der Waals surface area contributed by atoms with Gasteiger partial charge in [-0.3, -0.25) is 0 Å². The second kappa shape index (κ2) is 3.76. The van der Waals surface area contributed by atoms with Crippen molar-refractivity contribution in [2.24, 2.45) is 25.5 Å². The second-order valence-corrected chi connectivity index (χ2v) is 3.85. The average molecular weight is 227 g/mol. The smallest absolute Gasteiger partial charge is 0.144 e. The summed E-state index contributed by atoms with van der Waals surface area (Å²) in [5.41, 5.74) is 5.25. The Morgan fingerprint density at radius 3 is 1.60 bits per heavy atom. The van der Waals surface area contributed by atoms with E-state index in [4.69, 9.17) is 13.9 Å². The summed E-state index contributed by atoms with van der Waals surface area (Å²) in [4.78, 5) is 14.5. The molecule has 0 aromatic carbocycles. The molecule has 2 heterocycles. The zero-order valence-electron chi connectivity index (χ0n) is 7.35. The Kier molecular flexibility index (Phi) is 2.44. The summed E-state index contributed by atoms with van der Waals surface area (Å²) in [5.74, 6) is 0. The molecule has 15 heavy (non-hydrogen) atoms. The van der Waals surface area contributed by atoms with Crippen molar-refractivity contribution in [3.05, 3.63) is 0 Å². The van der Waals surface area contributed by atoms with E-state index in [2.05, 4.69) is 20.0 Å². The van der Waals surface area contributed by atoms with E-state index in [1.165, 1.54) is 24.9 Å². The highest BCUT2D eigenvalue weighted by Gasteiger charge is 2.50. The standard InChI is InChI=1S/C6H6N5O3P/c7-15(12,13-5-8-1-2-9-5)14-6-10-3-4-11-6/h1-4H,(H2,7,12)/q+2. The number of urea groups is 2. The van der Waals surface area contributed by atoms with Gasteiger partial charge in [0.2, 0.25) is 0 Å². The van der Waals surface area contributed by atoms with Crippen LogP contribution in [0.15, 0.2) is 20.0 Å². The minimum absolute atomic E-state index is 0.118. The van der Waals surface area contributed by atoms with Gasteiger partial charge in [0.05, 0.1) is 24.9 Å². The predicted molar refractivity (Wildman–Crippen MR) is 56.6 cm³/mol. The summed E-state index contributed by atoms with van der Waals surface area (Å²) in [6.45, 7) is 0. The third kappa shape index (κ3) is 2.58. The van der Waals surface area contributed by atoms with E-state index in [9.17, 15) is 4.57 Å². The Balaban J connectivity index is 2.24. The topological polar surface area (TPSA) is 115 Å². The van der Waals surface area contributed by atoms with Crippen LogP contribution in [-0.4, -0.2) is 36.9 Å². The lowest BCUT2D eigenvalue weighted by molar-refractivity contribution is -0.0661. The summed E-state index contributed by atoms with van der Waals surface area (Å²) in [6, 6.07) is -0.236. The third-order valence-electron chi connectivity index (χ3n) is 1.29. The number of amides is 4. The quantitative estimate of drug-likeness (QED) is 0.551. The number of hydrogen-bond donors (Lipinski definition) is 1. The molecular weight excluding hydrogens is 221 g/mol. The number of rotatable bonds is 2. The van der Waals surface area contributed by atoms with Crippen molar-refractivity contribution in [2.75, 3.05) is 0 Å². The van der Waals surface area contributed by atoms with Crippen molar-refractivity contribution in [1.29, 1.82) is 0 Å². The lowest BCUT2D eigenvalue weighted by Gasteiger charge is -1.74. The Hall–Kier alpha value is -1.79. The van der Waals surface area contributed by atoms with Gasteiger partial charge >= 0.3 is 19.8 Å². The van der Waals surface area contributed by atoms with E-state index in [1.54, 1.807) is 0 Å². The van der Waals surface area contributed by atoms with Crippen LogP contribution in [0, 0.1) is 0 Å². The van der Waals surface area contributed by atoms with Gasteiger partial charge < -0.3 is 0 Å². The monoisotopic (exact) mass is 227 g/mol. The van der Waals surface area contributed by atoms with E-state index in [-0.39, 0.29) is 12.1 Å². The van der Waals surface area contributed by atoms with Gasteiger partial charge in [0.1, 0.15) is 0 Å². The molecule has 0 bridgehead atoms. The first-order valence-electron chi connectivity index (χ1n) is 3.81. The van der Waals surface area contributed by atoms with Crippen molar-refractivity contribution in [3.8, 4) is 0 Å². The van der Waals surface area contributed by atoms with Gasteiger partial charge in [-0.1, -0.05) is 8.42 Å². The minimum Gasteiger partial charge on any atom is -0.144 e. The number of hydrogen-bond acceptors (Lipinski definition) is 1. The number of nitrogens with zero attached hydrogens (tertiary/aromatic N) is 4. The Morgan fingerprint density at radius 1 is 0.933 bits per heavy atom. The molecule has 0 fully saturated rings. The normalized spacial score (nSPS) is 17.9. The summed E-state index contributed by atoms with van der Waals surface area (Å²) in [6.07, 6.45) is 5.48. The predicted octanol–water partition coefficient (Wildman–Crippen LogP) is 0.675. The molecule has 0 aromatic rings. The first-order valence-corrected chi connectivity index (χ1v) is 5.42. The number of nitrogens with two attached hydrogens (primary N) is 1. The van der Waals surface area contributed by atoms with Crippen LogP contribution in [0.25, 0.3) is 0 Å². The van der Waals surface area contributed by atoms with Gasteiger partial charge in [-0.05, 0) is 0 Å². The summed E-state index contributed by atoms with van der Waals surface area (Å²) in [5, 5.41) is 0. The second-order valence-electron chi connectivity index (χ2n) is 2.40. The molecule has 2 aliphatic heterocycles. The molecule has 0 spiro atoms. The molecule has 0 radical (unpaired) electrons. The summed E-state index contributed by atoms with van der Waals surface area (Å²) < 4.78 is 21.0. The fourth-order valence-corrected chi connectivity index (χ4v) is 1.48. The van der Waals surface area contributed by atoms with Gasteiger partial charge in [0.25, 0.3) is 0 Å². The minimum atomic E-state index is -3.82. The molecule has 2 rings (SSSR count). The van der Waals surface area contributed by atoms with Crippen molar-refractivity contribution < 1.29 is 13.0 Å². The molecule has 4 amide bonds. The van der Waals surface area contributed by atoms with Gasteiger partial charge in [-0.2, -0.15) is 0 Å². The summed E-state index contributed by atoms with van der Waals surface area (Å²) >= 11 is 0. The first-order chi connectivity index (χ1) is 7.16. The molecule has 2 aliphatic rings. The highest BCUT2D eigenvalue weighted by atomic mass is 31.2. The summed E-state index contributed by atoms with van der Waals surface area (Å²) in [7, 11) is -3.82. The van der Waals surface area contributed by atoms with Crippen LogP contribution in [0.5, 0.6) is 0 Å². The molecule has 0 saturated heterocycles. The molecule has 0 saturated carbocycles. The van der Waals surface area contributed by atoms with Gasteiger partial charge in [0, 0.05) is 0 Å². The molecule has 76 valence electrons. The van der Waals surface area contributed by atoms with Crippen molar-refractivity contribution in [3.63, 3.8) is 0 Å². The maximum atomic E-state index is 11.5. The zero-order chi connectivity index (χ0) is 10.7. The molecule has 0 aliphatic carbocycles. The van der Waals surface area contributed by atoms with E-state index >= 15 is 0 Å². The Bertz CT molecular complexity index is 431. The van der Waals surface area contributed by atoms with E-state index in [0.29, 0.717) is 0 Å². The molecular formula is C6H6N5O3P+2. The molecule has 8 nitrogen and oxygen atoms in total. The molecule has 9 heteroatoms. The fourth-order valence-electron chi connectivity index (χ4n) is 0.796. The van der Waals surface area contributed by atoms with E-state index in [0.717, 1.165) is 0 Å². The van der Waals surface area contributed by atoms with Gasteiger partial charge in [0.15, 0.2) is 0 Å².